The average molecular weight is 627 g/mol. The van der Waals surface area contributed by atoms with Crippen LogP contribution < -0.4 is 10.2 Å². The summed E-state index contributed by atoms with van der Waals surface area (Å²) in [5.74, 6) is -0.668. The Balaban J connectivity index is 1.22. The Bertz CT molecular complexity index is 1870. The van der Waals surface area contributed by atoms with Crippen molar-refractivity contribution in [1.82, 2.24) is 24.8 Å². The number of nitrogens with one attached hydrogen (secondary N) is 1. The number of amides is 3. The molecule has 44 heavy (non-hydrogen) atoms. The van der Waals surface area contributed by atoms with E-state index in [-0.39, 0.29) is 55.0 Å². The monoisotopic (exact) mass is 626 g/mol. The molecule has 0 radical (unpaired) electrons. The van der Waals surface area contributed by atoms with Crippen LogP contribution in [0.2, 0.25) is 5.02 Å². The molecule has 2 fully saturated rings. The number of fused-ring (bicyclic) bond motifs is 2. The minimum atomic E-state index is -4.61. The predicted octanol–water partition coefficient (Wildman–Crippen LogP) is 4.74. The quantitative estimate of drug-likeness (QED) is 0.254. The second kappa shape index (κ2) is 10.3. The highest BCUT2D eigenvalue weighted by Crippen LogP contribution is 2.39. The van der Waals surface area contributed by atoms with E-state index in [1.165, 1.54) is 4.90 Å². The number of pyridine rings is 2. The van der Waals surface area contributed by atoms with Gasteiger partial charge in [-0.2, -0.15) is 13.2 Å². The Kier molecular flexibility index (Phi) is 6.61. The molecular weight excluding hydrogens is 604 g/mol. The predicted molar refractivity (Wildman–Crippen MR) is 152 cm³/mol. The molecule has 4 aromatic rings. The minimum Gasteiger partial charge on any atom is -0.351 e. The maximum atomic E-state index is 13.8. The number of alkyl halides is 4. The molecule has 6 heterocycles. The van der Waals surface area contributed by atoms with Gasteiger partial charge in [-0.15, -0.1) is 0 Å². The van der Waals surface area contributed by atoms with Crippen LogP contribution in [0.5, 0.6) is 0 Å². The molecule has 0 bridgehead atoms. The summed E-state index contributed by atoms with van der Waals surface area (Å²) in [6.07, 6.45) is -2.67. The molecule has 1 unspecified atom stereocenters. The fourth-order valence-corrected chi connectivity index (χ4v) is 6.23. The molecule has 3 aliphatic heterocycles. The molecule has 0 aliphatic carbocycles. The Morgan fingerprint density at radius 1 is 1.05 bits per heavy atom. The Hall–Kier alpha value is -4.52. The molecule has 3 aromatic heterocycles. The molecule has 9 nitrogen and oxygen atoms in total. The highest BCUT2D eigenvalue weighted by atomic mass is 35.5. The van der Waals surface area contributed by atoms with Crippen LogP contribution in [-0.4, -0.2) is 62.5 Å². The second-order valence-corrected chi connectivity index (χ2v) is 11.6. The Morgan fingerprint density at radius 2 is 1.84 bits per heavy atom. The topological polar surface area (TPSA) is 100 Å². The van der Waals surface area contributed by atoms with Crippen LogP contribution in [0.1, 0.15) is 39.9 Å². The zero-order valence-electron chi connectivity index (χ0n) is 22.9. The molecule has 0 saturated carbocycles. The van der Waals surface area contributed by atoms with E-state index in [0.29, 0.717) is 34.5 Å². The van der Waals surface area contributed by atoms with Crippen LogP contribution in [0.3, 0.4) is 0 Å². The van der Waals surface area contributed by atoms with Gasteiger partial charge < -0.3 is 14.4 Å². The van der Waals surface area contributed by atoms with Crippen molar-refractivity contribution in [3.05, 3.63) is 76.1 Å². The summed E-state index contributed by atoms with van der Waals surface area (Å²) in [4.78, 5) is 49.1. The highest BCUT2D eigenvalue weighted by molar-refractivity contribution is 6.33. The molecule has 3 amide bonds. The van der Waals surface area contributed by atoms with Gasteiger partial charge in [-0.1, -0.05) is 23.7 Å². The van der Waals surface area contributed by atoms with Gasteiger partial charge in [0.2, 0.25) is 11.8 Å². The van der Waals surface area contributed by atoms with Crippen molar-refractivity contribution in [3.63, 3.8) is 0 Å². The van der Waals surface area contributed by atoms with E-state index in [4.69, 9.17) is 16.6 Å². The van der Waals surface area contributed by atoms with Crippen molar-refractivity contribution in [2.45, 2.75) is 44.3 Å². The van der Waals surface area contributed by atoms with Gasteiger partial charge >= 0.3 is 6.18 Å². The number of carbonyl (C=O) groups is 3. The van der Waals surface area contributed by atoms with Gasteiger partial charge in [0, 0.05) is 48.4 Å². The van der Waals surface area contributed by atoms with Crippen molar-refractivity contribution < 1.29 is 31.9 Å². The van der Waals surface area contributed by atoms with Crippen LogP contribution >= 0.6 is 11.6 Å². The molecule has 1 N–H and O–H groups in total. The maximum absolute atomic E-state index is 13.8. The Morgan fingerprint density at radius 3 is 2.55 bits per heavy atom. The summed E-state index contributed by atoms with van der Waals surface area (Å²) < 4.78 is 55.4. The third-order valence-electron chi connectivity index (χ3n) is 8.24. The smallest absolute Gasteiger partial charge is 0.351 e. The van der Waals surface area contributed by atoms with Gasteiger partial charge in [0.05, 0.1) is 29.4 Å². The van der Waals surface area contributed by atoms with E-state index in [1.54, 1.807) is 35.4 Å². The van der Waals surface area contributed by atoms with Crippen molar-refractivity contribution in [3.8, 4) is 11.3 Å². The number of aromatic nitrogens is 3. The summed E-state index contributed by atoms with van der Waals surface area (Å²) in [5, 5.41) is 2.71. The lowest BCUT2D eigenvalue weighted by molar-refractivity contribution is -0.138. The minimum absolute atomic E-state index is 0.134. The summed E-state index contributed by atoms with van der Waals surface area (Å²) in [6.45, 7) is 0.828. The standard InChI is InChI=1S/C30H23ClF4N6O3/c31-22-8-17(30(33,34)35)10-36-26(22)21-9-24(40-13-18(32)14-40)37-27-20(21)5-6-39(27)11-15-1-2-19-16(7-15)12-41(29(19)44)23-3-4-25(42)38-28(23)43/h1-2,5-10,18,23H,3-4,11-14H2,(H,38,42,43). The number of imide groups is 1. The normalized spacial score (nSPS) is 19.0. The molecule has 1 aromatic carbocycles. The van der Waals surface area contributed by atoms with Crippen molar-refractivity contribution in [2.75, 3.05) is 18.0 Å². The number of hydrogen-bond acceptors (Lipinski definition) is 6. The summed E-state index contributed by atoms with van der Waals surface area (Å²) in [5.41, 5.74) is 2.21. The van der Waals surface area contributed by atoms with E-state index < -0.39 is 29.9 Å². The first-order chi connectivity index (χ1) is 21.0. The van der Waals surface area contributed by atoms with E-state index in [2.05, 4.69) is 10.3 Å². The first-order valence-electron chi connectivity index (χ1n) is 13.8. The van der Waals surface area contributed by atoms with E-state index in [1.807, 2.05) is 10.6 Å². The molecule has 0 spiro atoms. The number of piperidine rings is 1. The van der Waals surface area contributed by atoms with Gasteiger partial charge in [0.15, 0.2) is 0 Å². The van der Waals surface area contributed by atoms with Crippen LogP contribution in [0.25, 0.3) is 22.3 Å². The Labute approximate surface area is 252 Å². The number of benzene rings is 1. The summed E-state index contributed by atoms with van der Waals surface area (Å²) in [7, 11) is 0. The fourth-order valence-electron chi connectivity index (χ4n) is 5.96. The lowest BCUT2D eigenvalue weighted by atomic mass is 10.0. The van der Waals surface area contributed by atoms with Crippen molar-refractivity contribution in [2.24, 2.45) is 0 Å². The van der Waals surface area contributed by atoms with Gasteiger partial charge in [-0.3, -0.25) is 24.7 Å². The third kappa shape index (κ3) is 4.84. The number of nitrogens with zero attached hydrogens (tertiary/aromatic N) is 5. The zero-order chi connectivity index (χ0) is 30.9. The van der Waals surface area contributed by atoms with Crippen molar-refractivity contribution in [1.29, 1.82) is 0 Å². The number of carbonyl (C=O) groups excluding carboxylic acids is 3. The molecular formula is C30H23ClF4N6O3. The number of hydrogen-bond donors (Lipinski definition) is 1. The fraction of sp³-hybridized carbons (Fsp3) is 0.300. The molecule has 226 valence electrons. The summed E-state index contributed by atoms with van der Waals surface area (Å²) >= 11 is 6.32. The van der Waals surface area contributed by atoms with Gasteiger partial charge in [0.25, 0.3) is 5.91 Å². The van der Waals surface area contributed by atoms with E-state index in [0.717, 1.165) is 23.4 Å². The van der Waals surface area contributed by atoms with Gasteiger partial charge in [0.1, 0.15) is 23.7 Å². The SMILES string of the molecule is O=C1CCC(N2Cc3cc(Cn4ccc5c(-c6ncc(C(F)(F)F)cc6Cl)cc(N6CC(F)C6)nc54)ccc3C2=O)C(=O)N1. The molecule has 7 rings (SSSR count). The average Bonchev–Trinajstić information content (AvgIpc) is 3.50. The van der Waals surface area contributed by atoms with Crippen LogP contribution in [0.4, 0.5) is 23.4 Å². The lowest BCUT2D eigenvalue weighted by Gasteiger charge is -2.35. The third-order valence-corrected chi connectivity index (χ3v) is 8.53. The second-order valence-electron chi connectivity index (χ2n) is 11.2. The maximum Gasteiger partial charge on any atom is 0.417 e. The highest BCUT2D eigenvalue weighted by Gasteiger charge is 2.39. The first-order valence-corrected chi connectivity index (χ1v) is 14.2. The number of rotatable bonds is 5. The van der Waals surface area contributed by atoms with E-state index >= 15 is 0 Å². The molecule has 3 aliphatic rings. The van der Waals surface area contributed by atoms with Gasteiger partial charge in [-0.25, -0.2) is 9.37 Å². The van der Waals surface area contributed by atoms with Crippen LogP contribution in [-0.2, 0) is 28.9 Å². The lowest BCUT2D eigenvalue weighted by Crippen LogP contribution is -2.52. The molecule has 1 atom stereocenters. The molecule has 2 saturated heterocycles. The largest absolute Gasteiger partial charge is 0.417 e. The van der Waals surface area contributed by atoms with E-state index in [9.17, 15) is 31.9 Å². The van der Waals surface area contributed by atoms with Gasteiger partial charge in [-0.05, 0) is 41.8 Å². The first kappa shape index (κ1) is 28.3. The zero-order valence-corrected chi connectivity index (χ0v) is 23.6. The van der Waals surface area contributed by atoms with Crippen LogP contribution in [0, 0.1) is 0 Å². The molecule has 14 heteroatoms. The van der Waals surface area contributed by atoms with Crippen molar-refractivity contribution >= 4 is 46.2 Å². The number of halogens is 5. The summed E-state index contributed by atoms with van der Waals surface area (Å²) in [6, 6.07) is 8.94. The van der Waals surface area contributed by atoms with Crippen LogP contribution in [0.15, 0.2) is 48.8 Å². The number of anilines is 1.